The van der Waals surface area contributed by atoms with E-state index in [9.17, 15) is 18.0 Å². The Morgan fingerprint density at radius 2 is 1.97 bits per heavy atom. The van der Waals surface area contributed by atoms with E-state index in [1.54, 1.807) is 25.1 Å². The van der Waals surface area contributed by atoms with Gasteiger partial charge in [0.1, 0.15) is 6.54 Å². The summed E-state index contributed by atoms with van der Waals surface area (Å²) in [5.41, 5.74) is 1.88. The molecule has 0 saturated heterocycles. The number of carbonyl (C=O) groups is 2. The van der Waals surface area contributed by atoms with Gasteiger partial charge in [0.2, 0.25) is 10.0 Å². The highest BCUT2D eigenvalue weighted by molar-refractivity contribution is 7.89. The van der Waals surface area contributed by atoms with Crippen LogP contribution in [0.15, 0.2) is 52.4 Å². The van der Waals surface area contributed by atoms with Crippen LogP contribution in [0.25, 0.3) is 10.2 Å². The summed E-state index contributed by atoms with van der Waals surface area (Å²) >= 11 is 1.09. The lowest BCUT2D eigenvalue weighted by Gasteiger charge is -2.05. The third-order valence-electron chi connectivity index (χ3n) is 4.04. The van der Waals surface area contributed by atoms with Gasteiger partial charge >= 0.3 is 5.97 Å². The minimum atomic E-state index is -3.89. The first-order chi connectivity index (χ1) is 13.7. The quantitative estimate of drug-likeness (QED) is 0.617. The molecule has 1 aromatic heterocycles. The Kier molecular flexibility index (Phi) is 5.96. The SMILES string of the molecule is CCOC(=O)Cn1c(=NC(=O)c2cccc(C)c2)sc2cc(S(N)(=O)=O)ccc21. The fourth-order valence-corrected chi connectivity index (χ4v) is 4.42. The number of benzene rings is 2. The number of amides is 1. The number of esters is 1. The zero-order valence-corrected chi connectivity index (χ0v) is 17.4. The lowest BCUT2D eigenvalue weighted by Crippen LogP contribution is -2.23. The summed E-state index contributed by atoms with van der Waals surface area (Å²) in [7, 11) is -3.89. The predicted octanol–water partition coefficient (Wildman–Crippen LogP) is 1.96. The maximum Gasteiger partial charge on any atom is 0.326 e. The number of nitrogens with two attached hydrogens (primary N) is 1. The molecule has 1 amide bonds. The zero-order chi connectivity index (χ0) is 21.2. The molecule has 0 unspecified atom stereocenters. The first-order valence-electron chi connectivity index (χ1n) is 8.66. The Morgan fingerprint density at radius 3 is 2.62 bits per heavy atom. The summed E-state index contributed by atoms with van der Waals surface area (Å²) < 4.78 is 30.4. The second kappa shape index (κ2) is 8.27. The van der Waals surface area contributed by atoms with Crippen LogP contribution < -0.4 is 9.94 Å². The van der Waals surface area contributed by atoms with Gasteiger partial charge in [0.15, 0.2) is 4.80 Å². The third-order valence-corrected chi connectivity index (χ3v) is 5.99. The number of sulfonamides is 1. The highest BCUT2D eigenvalue weighted by Crippen LogP contribution is 2.21. The monoisotopic (exact) mass is 433 g/mol. The average Bonchev–Trinajstić information content (AvgIpc) is 2.97. The van der Waals surface area contributed by atoms with Crippen molar-refractivity contribution in [1.82, 2.24) is 4.57 Å². The van der Waals surface area contributed by atoms with Crippen LogP contribution in [0, 0.1) is 6.92 Å². The van der Waals surface area contributed by atoms with Gasteiger partial charge < -0.3 is 9.30 Å². The minimum absolute atomic E-state index is 0.0638. The van der Waals surface area contributed by atoms with Gasteiger partial charge in [-0.2, -0.15) is 4.99 Å². The van der Waals surface area contributed by atoms with Gasteiger partial charge in [0, 0.05) is 5.56 Å². The summed E-state index contributed by atoms with van der Waals surface area (Å²) in [5, 5.41) is 5.20. The van der Waals surface area contributed by atoms with Crippen LogP contribution in [0.1, 0.15) is 22.8 Å². The van der Waals surface area contributed by atoms with E-state index in [0.717, 1.165) is 16.9 Å². The molecule has 10 heteroatoms. The standard InChI is InChI=1S/C19H19N3O5S2/c1-3-27-17(23)11-22-15-8-7-14(29(20,25)26)10-16(15)28-19(22)21-18(24)13-6-4-5-12(2)9-13/h4-10H,3,11H2,1-2H3,(H2,20,25,26). The number of primary sulfonamides is 1. The van der Waals surface area contributed by atoms with Crippen molar-refractivity contribution >= 4 is 43.5 Å². The number of hydrogen-bond acceptors (Lipinski definition) is 6. The summed E-state index contributed by atoms with van der Waals surface area (Å²) in [6.07, 6.45) is 0. The summed E-state index contributed by atoms with van der Waals surface area (Å²) in [5.74, 6) is -0.961. The molecule has 0 spiro atoms. The zero-order valence-electron chi connectivity index (χ0n) is 15.8. The van der Waals surface area contributed by atoms with Crippen LogP contribution in [0.3, 0.4) is 0 Å². The molecule has 0 bridgehead atoms. The Bertz CT molecular complexity index is 1270. The van der Waals surface area contributed by atoms with Crippen LogP contribution in [0.2, 0.25) is 0 Å². The van der Waals surface area contributed by atoms with Crippen LogP contribution in [0.4, 0.5) is 0 Å². The first kappa shape index (κ1) is 20.9. The normalized spacial score (nSPS) is 12.3. The molecule has 0 aliphatic rings. The van der Waals surface area contributed by atoms with Crippen LogP contribution in [-0.2, 0) is 26.1 Å². The molecular weight excluding hydrogens is 414 g/mol. The topological polar surface area (TPSA) is 121 Å². The number of carbonyl (C=O) groups excluding carboxylic acids is 2. The smallest absolute Gasteiger partial charge is 0.326 e. The number of aryl methyl sites for hydroxylation is 1. The molecule has 3 rings (SSSR count). The van der Waals surface area contributed by atoms with E-state index in [-0.39, 0.29) is 22.8 Å². The Labute approximate surface area is 171 Å². The van der Waals surface area contributed by atoms with Crippen molar-refractivity contribution in [2.24, 2.45) is 10.1 Å². The predicted molar refractivity (Wildman–Crippen MR) is 109 cm³/mol. The largest absolute Gasteiger partial charge is 0.465 e. The maximum atomic E-state index is 12.6. The number of rotatable bonds is 5. The lowest BCUT2D eigenvalue weighted by molar-refractivity contribution is -0.143. The molecule has 8 nitrogen and oxygen atoms in total. The fraction of sp³-hybridized carbons (Fsp3) is 0.211. The fourth-order valence-electron chi connectivity index (χ4n) is 2.73. The molecule has 0 aliphatic carbocycles. The van der Waals surface area contributed by atoms with Crippen LogP contribution in [-0.4, -0.2) is 31.5 Å². The van der Waals surface area contributed by atoms with Crippen molar-refractivity contribution < 1.29 is 22.7 Å². The molecule has 0 saturated carbocycles. The van der Waals surface area contributed by atoms with E-state index >= 15 is 0 Å². The van der Waals surface area contributed by atoms with E-state index in [1.165, 1.54) is 22.8 Å². The molecule has 0 atom stereocenters. The molecule has 0 aliphatic heterocycles. The number of aromatic nitrogens is 1. The van der Waals surface area contributed by atoms with E-state index in [2.05, 4.69) is 4.99 Å². The molecule has 3 aromatic rings. The number of fused-ring (bicyclic) bond motifs is 1. The van der Waals surface area contributed by atoms with E-state index in [1.807, 2.05) is 13.0 Å². The van der Waals surface area contributed by atoms with Gasteiger partial charge in [-0.1, -0.05) is 29.0 Å². The average molecular weight is 434 g/mol. The lowest BCUT2D eigenvalue weighted by atomic mass is 10.1. The second-order valence-corrected chi connectivity index (χ2v) is 8.81. The van der Waals surface area contributed by atoms with Gasteiger partial charge in [0.05, 0.1) is 21.7 Å². The molecule has 0 radical (unpaired) electrons. The van der Waals surface area contributed by atoms with Crippen LogP contribution in [0.5, 0.6) is 0 Å². The van der Waals surface area contributed by atoms with Crippen molar-refractivity contribution in [3.63, 3.8) is 0 Å². The van der Waals surface area contributed by atoms with Crippen molar-refractivity contribution in [1.29, 1.82) is 0 Å². The molecule has 2 N–H and O–H groups in total. The maximum absolute atomic E-state index is 12.6. The Hall–Kier alpha value is -2.82. The molecule has 29 heavy (non-hydrogen) atoms. The molecule has 152 valence electrons. The van der Waals surface area contributed by atoms with E-state index in [4.69, 9.17) is 9.88 Å². The summed E-state index contributed by atoms with van der Waals surface area (Å²) in [6.45, 7) is 3.61. The third kappa shape index (κ3) is 4.78. The van der Waals surface area contributed by atoms with Gasteiger partial charge in [-0.15, -0.1) is 0 Å². The highest BCUT2D eigenvalue weighted by Gasteiger charge is 2.16. The number of nitrogens with zero attached hydrogens (tertiary/aromatic N) is 2. The number of hydrogen-bond donors (Lipinski definition) is 1. The van der Waals surface area contributed by atoms with E-state index < -0.39 is 21.9 Å². The second-order valence-electron chi connectivity index (χ2n) is 6.24. The molecule has 1 heterocycles. The summed E-state index contributed by atoms with van der Waals surface area (Å²) in [6, 6.07) is 11.3. The van der Waals surface area contributed by atoms with Crippen molar-refractivity contribution in [3.8, 4) is 0 Å². The number of thiazole rings is 1. The molecule has 0 fully saturated rings. The van der Waals surface area contributed by atoms with Crippen LogP contribution >= 0.6 is 11.3 Å². The minimum Gasteiger partial charge on any atom is -0.465 e. The highest BCUT2D eigenvalue weighted by atomic mass is 32.2. The van der Waals surface area contributed by atoms with Crippen molar-refractivity contribution in [2.75, 3.05) is 6.61 Å². The Balaban J connectivity index is 2.17. The number of ether oxygens (including phenoxy) is 1. The van der Waals surface area contributed by atoms with Gasteiger partial charge in [-0.05, 0) is 44.2 Å². The van der Waals surface area contributed by atoms with Gasteiger partial charge in [-0.3, -0.25) is 9.59 Å². The Morgan fingerprint density at radius 1 is 1.21 bits per heavy atom. The summed E-state index contributed by atoms with van der Waals surface area (Å²) in [4.78, 5) is 29.0. The van der Waals surface area contributed by atoms with Gasteiger partial charge in [0.25, 0.3) is 5.91 Å². The first-order valence-corrected chi connectivity index (χ1v) is 11.0. The van der Waals surface area contributed by atoms with Crippen molar-refractivity contribution in [3.05, 3.63) is 58.4 Å². The van der Waals surface area contributed by atoms with Crippen molar-refractivity contribution in [2.45, 2.75) is 25.3 Å². The molecular formula is C19H19N3O5S2. The molecule has 2 aromatic carbocycles. The van der Waals surface area contributed by atoms with E-state index in [0.29, 0.717) is 15.8 Å². The van der Waals surface area contributed by atoms with Gasteiger partial charge in [-0.25, -0.2) is 13.6 Å².